The molecule has 7 heteroatoms. The molecule has 2 fully saturated rings. The number of likely N-dealkylation sites (N-methyl/N-ethyl adjacent to an activating group) is 1. The molecule has 22 heavy (non-hydrogen) atoms. The smallest absolute Gasteiger partial charge is 0.376 e. The molecule has 1 aliphatic heterocycles. The maximum Gasteiger partial charge on any atom is 0.391 e. The van der Waals surface area contributed by atoms with Gasteiger partial charge in [-0.3, -0.25) is 0 Å². The van der Waals surface area contributed by atoms with Gasteiger partial charge in [0, 0.05) is 25.7 Å². The summed E-state index contributed by atoms with van der Waals surface area (Å²) in [5, 5.41) is 2.78. The van der Waals surface area contributed by atoms with Crippen molar-refractivity contribution in [1.29, 1.82) is 0 Å². The Bertz CT molecular complexity index is 370. The summed E-state index contributed by atoms with van der Waals surface area (Å²) in [6, 6.07) is -0.655. The number of nitrogens with zero attached hydrogens (tertiary/aromatic N) is 1. The zero-order chi connectivity index (χ0) is 16.2. The van der Waals surface area contributed by atoms with Gasteiger partial charge in [0.1, 0.15) is 0 Å². The van der Waals surface area contributed by atoms with Gasteiger partial charge in [-0.2, -0.15) is 13.2 Å². The molecule has 1 saturated heterocycles. The minimum atomic E-state index is -4.16. The molecular weight excluding hydrogens is 297 g/mol. The van der Waals surface area contributed by atoms with Gasteiger partial charge < -0.3 is 15.0 Å². The molecule has 1 aliphatic carbocycles. The van der Waals surface area contributed by atoms with Crippen molar-refractivity contribution in [1.82, 2.24) is 10.2 Å². The van der Waals surface area contributed by atoms with Crippen molar-refractivity contribution in [2.75, 3.05) is 19.7 Å². The Balaban J connectivity index is 1.83. The van der Waals surface area contributed by atoms with Crippen LogP contribution in [0.15, 0.2) is 0 Å². The van der Waals surface area contributed by atoms with Crippen LogP contribution in [0.2, 0.25) is 0 Å². The SMILES string of the molecule is CCN(C[C@@H]1CCCO1)C(=O)N[C@H]1CCC[C@H](C(F)(F)F)C1. The van der Waals surface area contributed by atoms with Crippen molar-refractivity contribution >= 4 is 6.03 Å². The van der Waals surface area contributed by atoms with Gasteiger partial charge in [-0.05, 0) is 39.0 Å². The minimum Gasteiger partial charge on any atom is -0.376 e. The standard InChI is InChI=1S/C15H25F3N2O2/c1-2-20(10-13-7-4-8-22-13)14(21)19-12-6-3-5-11(9-12)15(16,17)18/h11-13H,2-10H2,1H3,(H,19,21)/t11-,12-,13-/m0/s1. The summed E-state index contributed by atoms with van der Waals surface area (Å²) in [6.45, 7) is 3.63. The van der Waals surface area contributed by atoms with Crippen LogP contribution >= 0.6 is 0 Å². The van der Waals surface area contributed by atoms with Crippen LogP contribution < -0.4 is 5.32 Å². The molecule has 0 aromatic heterocycles. The second-order valence-electron chi connectivity index (χ2n) is 6.23. The number of nitrogens with one attached hydrogen (secondary N) is 1. The number of ether oxygens (including phenoxy) is 1. The number of urea groups is 1. The Morgan fingerprint density at radius 2 is 2.05 bits per heavy atom. The monoisotopic (exact) mass is 322 g/mol. The molecule has 1 N–H and O–H groups in total. The molecule has 2 rings (SSSR count). The van der Waals surface area contributed by atoms with Gasteiger partial charge in [-0.15, -0.1) is 0 Å². The highest BCUT2D eigenvalue weighted by atomic mass is 19.4. The number of amides is 2. The van der Waals surface area contributed by atoms with E-state index in [1.165, 1.54) is 0 Å². The average Bonchev–Trinajstić information content (AvgIpc) is 2.97. The summed E-state index contributed by atoms with van der Waals surface area (Å²) in [7, 11) is 0. The van der Waals surface area contributed by atoms with Crippen LogP contribution in [0.5, 0.6) is 0 Å². The van der Waals surface area contributed by atoms with Crippen molar-refractivity contribution < 1.29 is 22.7 Å². The number of halogens is 3. The van der Waals surface area contributed by atoms with Gasteiger partial charge in [-0.25, -0.2) is 4.79 Å². The number of alkyl halides is 3. The maximum atomic E-state index is 12.8. The molecule has 0 bridgehead atoms. The third-order valence-corrected chi connectivity index (χ3v) is 4.58. The zero-order valence-electron chi connectivity index (χ0n) is 13.0. The Morgan fingerprint density at radius 3 is 2.64 bits per heavy atom. The van der Waals surface area contributed by atoms with Crippen molar-refractivity contribution in [3.8, 4) is 0 Å². The summed E-state index contributed by atoms with van der Waals surface area (Å²) in [5.74, 6) is -1.29. The number of hydrogen-bond donors (Lipinski definition) is 1. The summed E-state index contributed by atoms with van der Waals surface area (Å²) < 4.78 is 43.9. The highest BCUT2D eigenvalue weighted by molar-refractivity contribution is 5.74. The number of carbonyl (C=O) groups is 1. The van der Waals surface area contributed by atoms with Gasteiger partial charge in [0.05, 0.1) is 12.0 Å². The first kappa shape index (κ1) is 17.4. The molecule has 0 spiro atoms. The van der Waals surface area contributed by atoms with E-state index in [-0.39, 0.29) is 31.0 Å². The fourth-order valence-corrected chi connectivity index (χ4v) is 3.27. The Kier molecular flexibility index (Phi) is 5.94. The van der Waals surface area contributed by atoms with Crippen LogP contribution in [0, 0.1) is 5.92 Å². The van der Waals surface area contributed by atoms with Crippen LogP contribution in [0.1, 0.15) is 45.4 Å². The molecule has 1 heterocycles. The lowest BCUT2D eigenvalue weighted by molar-refractivity contribution is -0.183. The largest absolute Gasteiger partial charge is 0.391 e. The second-order valence-corrected chi connectivity index (χ2v) is 6.23. The average molecular weight is 322 g/mol. The van der Waals surface area contributed by atoms with Crippen LogP contribution in [0.25, 0.3) is 0 Å². The van der Waals surface area contributed by atoms with Crippen molar-refractivity contribution in [3.05, 3.63) is 0 Å². The van der Waals surface area contributed by atoms with Gasteiger partial charge in [0.25, 0.3) is 0 Å². The summed E-state index contributed by atoms with van der Waals surface area (Å²) in [5.41, 5.74) is 0. The van der Waals surface area contributed by atoms with E-state index >= 15 is 0 Å². The summed E-state index contributed by atoms with van der Waals surface area (Å²) >= 11 is 0. The molecular formula is C15H25F3N2O2. The topological polar surface area (TPSA) is 41.6 Å². The minimum absolute atomic E-state index is 0.00722. The third kappa shape index (κ3) is 4.76. The Morgan fingerprint density at radius 1 is 1.27 bits per heavy atom. The van der Waals surface area contributed by atoms with Crippen molar-refractivity contribution in [2.24, 2.45) is 5.92 Å². The Labute approximate surface area is 129 Å². The van der Waals surface area contributed by atoms with Crippen LogP contribution in [-0.2, 0) is 4.74 Å². The summed E-state index contributed by atoms with van der Waals surface area (Å²) in [6.07, 6.45) is -0.882. The number of hydrogen-bond acceptors (Lipinski definition) is 2. The first-order valence-electron chi connectivity index (χ1n) is 8.14. The molecule has 3 atom stereocenters. The van der Waals surface area contributed by atoms with E-state index in [1.54, 1.807) is 4.90 Å². The molecule has 1 saturated carbocycles. The highest BCUT2D eigenvalue weighted by Gasteiger charge is 2.42. The molecule has 0 aromatic rings. The predicted octanol–water partition coefficient (Wildman–Crippen LogP) is 3.32. The quantitative estimate of drug-likeness (QED) is 0.863. The maximum absolute atomic E-state index is 12.8. The normalized spacial score (nSPS) is 29.4. The van der Waals surface area contributed by atoms with Gasteiger partial charge in [-0.1, -0.05) is 6.42 Å². The molecule has 0 unspecified atom stereocenters. The van der Waals surface area contributed by atoms with Crippen molar-refractivity contribution in [3.63, 3.8) is 0 Å². The lowest BCUT2D eigenvalue weighted by Gasteiger charge is -2.33. The predicted molar refractivity (Wildman–Crippen MR) is 76.6 cm³/mol. The van der Waals surface area contributed by atoms with E-state index in [0.717, 1.165) is 19.4 Å². The van der Waals surface area contributed by atoms with Crippen molar-refractivity contribution in [2.45, 2.75) is 63.8 Å². The van der Waals surface area contributed by atoms with E-state index in [0.29, 0.717) is 25.9 Å². The summed E-state index contributed by atoms with van der Waals surface area (Å²) in [4.78, 5) is 13.9. The lowest BCUT2D eigenvalue weighted by Crippen LogP contribution is -2.49. The molecule has 0 radical (unpaired) electrons. The molecule has 0 aromatic carbocycles. The first-order valence-corrected chi connectivity index (χ1v) is 8.14. The fraction of sp³-hybridized carbons (Fsp3) is 0.933. The van der Waals surface area contributed by atoms with E-state index < -0.39 is 12.1 Å². The van der Waals surface area contributed by atoms with E-state index in [1.807, 2.05) is 6.92 Å². The van der Waals surface area contributed by atoms with Crippen LogP contribution in [-0.4, -0.2) is 48.9 Å². The third-order valence-electron chi connectivity index (χ3n) is 4.58. The van der Waals surface area contributed by atoms with Crippen LogP contribution in [0.3, 0.4) is 0 Å². The zero-order valence-corrected chi connectivity index (χ0v) is 13.0. The molecule has 2 amide bonds. The number of carbonyl (C=O) groups excluding carboxylic acids is 1. The van der Waals surface area contributed by atoms with E-state index in [4.69, 9.17) is 4.74 Å². The van der Waals surface area contributed by atoms with E-state index in [2.05, 4.69) is 5.32 Å². The van der Waals surface area contributed by atoms with Gasteiger partial charge in [0.2, 0.25) is 0 Å². The highest BCUT2D eigenvalue weighted by Crippen LogP contribution is 2.37. The van der Waals surface area contributed by atoms with Crippen LogP contribution in [0.4, 0.5) is 18.0 Å². The lowest BCUT2D eigenvalue weighted by atomic mass is 9.85. The fourth-order valence-electron chi connectivity index (χ4n) is 3.27. The second kappa shape index (κ2) is 7.53. The van der Waals surface area contributed by atoms with Gasteiger partial charge in [0.15, 0.2) is 0 Å². The molecule has 2 aliphatic rings. The number of rotatable bonds is 4. The first-order chi connectivity index (χ1) is 10.4. The Hall–Kier alpha value is -0.980. The molecule has 4 nitrogen and oxygen atoms in total. The van der Waals surface area contributed by atoms with E-state index in [9.17, 15) is 18.0 Å². The molecule has 128 valence electrons. The van der Waals surface area contributed by atoms with Gasteiger partial charge >= 0.3 is 12.2 Å².